The van der Waals surface area contributed by atoms with Gasteiger partial charge in [-0.3, -0.25) is 9.69 Å². The molecule has 2 atom stereocenters. The molecule has 0 aliphatic carbocycles. The molecule has 0 saturated carbocycles. The number of hydrogen-bond donors (Lipinski definition) is 1. The lowest BCUT2D eigenvalue weighted by atomic mass is 10.1. The fourth-order valence-corrected chi connectivity index (χ4v) is 3.29. The minimum Gasteiger partial charge on any atom is -0.445 e. The summed E-state index contributed by atoms with van der Waals surface area (Å²) in [5, 5.41) is 10.1. The number of unbranched alkanes of at least 4 members (excludes halogenated alkanes) is 2. The average Bonchev–Trinajstić information content (AvgIpc) is 3.08. The van der Waals surface area contributed by atoms with Crippen LogP contribution in [0.3, 0.4) is 0 Å². The van der Waals surface area contributed by atoms with Gasteiger partial charge in [-0.15, -0.1) is 0 Å². The highest BCUT2D eigenvalue weighted by atomic mass is 16.6. The van der Waals surface area contributed by atoms with E-state index in [-0.39, 0.29) is 25.5 Å². The van der Waals surface area contributed by atoms with Crippen molar-refractivity contribution in [1.82, 2.24) is 9.80 Å². The van der Waals surface area contributed by atoms with Crippen LogP contribution in [-0.2, 0) is 16.1 Å². The molecule has 1 heterocycles. The molecule has 1 unspecified atom stereocenters. The highest BCUT2D eigenvalue weighted by molar-refractivity contribution is 5.86. The summed E-state index contributed by atoms with van der Waals surface area (Å²) in [5.74, 6) is -0.0786. The predicted octanol–water partition coefficient (Wildman–Crippen LogP) is 3.19. The summed E-state index contributed by atoms with van der Waals surface area (Å²) < 4.78 is 5.39. The zero-order valence-electron chi connectivity index (χ0n) is 16.5. The van der Waals surface area contributed by atoms with Crippen LogP contribution in [0.25, 0.3) is 0 Å². The van der Waals surface area contributed by atoms with Crippen molar-refractivity contribution in [3.05, 3.63) is 35.9 Å². The number of likely N-dealkylation sites (tertiary alicyclic amines) is 1. The molecule has 27 heavy (non-hydrogen) atoms. The van der Waals surface area contributed by atoms with E-state index in [1.54, 1.807) is 0 Å². The Labute approximate surface area is 162 Å². The first-order chi connectivity index (χ1) is 13.1. The number of amides is 2. The van der Waals surface area contributed by atoms with Crippen molar-refractivity contribution in [2.75, 3.05) is 19.6 Å². The molecule has 1 aromatic carbocycles. The van der Waals surface area contributed by atoms with Gasteiger partial charge in [0.1, 0.15) is 12.6 Å². The fourth-order valence-electron chi connectivity index (χ4n) is 3.29. The first-order valence-corrected chi connectivity index (χ1v) is 10.0. The molecule has 6 nitrogen and oxygen atoms in total. The monoisotopic (exact) mass is 376 g/mol. The van der Waals surface area contributed by atoms with E-state index in [0.717, 1.165) is 31.2 Å². The van der Waals surface area contributed by atoms with Gasteiger partial charge in [0.2, 0.25) is 5.91 Å². The van der Waals surface area contributed by atoms with Gasteiger partial charge in [-0.05, 0) is 18.4 Å². The third-order valence-corrected chi connectivity index (χ3v) is 4.88. The topological polar surface area (TPSA) is 70.1 Å². The first kappa shape index (κ1) is 21.2. The Morgan fingerprint density at radius 3 is 2.37 bits per heavy atom. The molecule has 0 aromatic heterocycles. The Hall–Kier alpha value is -2.08. The Bertz CT molecular complexity index is 585. The van der Waals surface area contributed by atoms with E-state index in [9.17, 15) is 14.7 Å². The quantitative estimate of drug-likeness (QED) is 0.719. The fraction of sp³-hybridized carbons (Fsp3) is 0.619. The maximum Gasteiger partial charge on any atom is 0.410 e. The molecular formula is C21H32N2O4. The average molecular weight is 376 g/mol. The number of aliphatic hydroxyl groups is 1. The van der Waals surface area contributed by atoms with Gasteiger partial charge in [0.25, 0.3) is 0 Å². The van der Waals surface area contributed by atoms with Crippen LogP contribution in [0.5, 0.6) is 0 Å². The Morgan fingerprint density at radius 1 is 1.15 bits per heavy atom. The number of hydrogen-bond acceptors (Lipinski definition) is 4. The zero-order chi connectivity index (χ0) is 19.6. The number of ether oxygens (including phenoxy) is 1. The molecule has 1 aromatic rings. The second-order valence-corrected chi connectivity index (χ2v) is 7.13. The third-order valence-electron chi connectivity index (χ3n) is 4.88. The van der Waals surface area contributed by atoms with Crippen molar-refractivity contribution in [2.24, 2.45) is 0 Å². The van der Waals surface area contributed by atoms with Gasteiger partial charge in [0.05, 0.1) is 12.6 Å². The number of carbonyl (C=O) groups is 2. The summed E-state index contributed by atoms with van der Waals surface area (Å²) in [5.41, 5.74) is 0.890. The van der Waals surface area contributed by atoms with Crippen molar-refractivity contribution >= 4 is 12.0 Å². The van der Waals surface area contributed by atoms with Gasteiger partial charge in [-0.2, -0.15) is 0 Å². The van der Waals surface area contributed by atoms with Gasteiger partial charge in [0.15, 0.2) is 0 Å². The van der Waals surface area contributed by atoms with Gasteiger partial charge < -0.3 is 14.7 Å². The maximum absolute atomic E-state index is 13.1. The molecule has 150 valence electrons. The van der Waals surface area contributed by atoms with Crippen LogP contribution in [-0.4, -0.2) is 58.7 Å². The van der Waals surface area contributed by atoms with E-state index in [4.69, 9.17) is 4.74 Å². The molecule has 1 aliphatic heterocycles. The van der Waals surface area contributed by atoms with Gasteiger partial charge in [-0.1, -0.05) is 57.0 Å². The van der Waals surface area contributed by atoms with Crippen LogP contribution in [0.15, 0.2) is 30.3 Å². The van der Waals surface area contributed by atoms with Crippen LogP contribution in [0, 0.1) is 0 Å². The van der Waals surface area contributed by atoms with E-state index in [2.05, 4.69) is 13.8 Å². The molecule has 2 amide bonds. The molecule has 1 fully saturated rings. The second kappa shape index (κ2) is 10.9. The molecule has 0 spiro atoms. The minimum absolute atomic E-state index is 0.0786. The van der Waals surface area contributed by atoms with Crippen molar-refractivity contribution in [1.29, 1.82) is 0 Å². The molecule has 6 heteroatoms. The maximum atomic E-state index is 13.1. The Morgan fingerprint density at radius 2 is 1.78 bits per heavy atom. The molecular weight excluding hydrogens is 344 g/mol. The van der Waals surface area contributed by atoms with E-state index < -0.39 is 18.2 Å². The predicted molar refractivity (Wildman–Crippen MR) is 104 cm³/mol. The summed E-state index contributed by atoms with van der Waals surface area (Å²) in [6.07, 6.45) is 2.92. The number of benzene rings is 1. The number of nitrogens with zero attached hydrogens (tertiary/aromatic N) is 2. The van der Waals surface area contributed by atoms with Crippen molar-refractivity contribution in [2.45, 2.75) is 64.7 Å². The summed E-state index contributed by atoms with van der Waals surface area (Å²) in [6.45, 7) is 5.86. The summed E-state index contributed by atoms with van der Waals surface area (Å²) in [4.78, 5) is 28.8. The molecule has 1 aliphatic rings. The number of β-amino-alcohol motifs (C(OH)–C–C–N with tert-alkyl or cyclic N) is 1. The number of aliphatic hydroxyl groups excluding tert-OH is 1. The van der Waals surface area contributed by atoms with E-state index >= 15 is 0 Å². The van der Waals surface area contributed by atoms with Crippen molar-refractivity contribution in [3.8, 4) is 0 Å². The molecule has 1 N–H and O–H groups in total. The molecule has 0 radical (unpaired) electrons. The molecule has 0 bridgehead atoms. The van der Waals surface area contributed by atoms with Gasteiger partial charge in [0, 0.05) is 19.5 Å². The molecule has 2 rings (SSSR count). The van der Waals surface area contributed by atoms with Crippen molar-refractivity contribution in [3.63, 3.8) is 0 Å². The third kappa shape index (κ3) is 6.24. The summed E-state index contributed by atoms with van der Waals surface area (Å²) in [7, 11) is 0. The normalized spacial score (nSPS) is 19.1. The lowest BCUT2D eigenvalue weighted by Gasteiger charge is -2.29. The molecule has 1 saturated heterocycles. The standard InChI is InChI=1S/C21H32N2O4/c1-3-5-12-22(13-6-4-2)20(25)19-14-18(24)15-23(19)21(26)27-16-17-10-8-7-9-11-17/h7-11,18-19,24H,3-6,12-16H2,1-2H3/t18?,19-/m0/s1. The SMILES string of the molecule is CCCCN(CCCC)C(=O)[C@@H]1CC(O)CN1C(=O)OCc1ccccc1. The lowest BCUT2D eigenvalue weighted by molar-refractivity contribution is -0.135. The van der Waals surface area contributed by atoms with Crippen LogP contribution in [0.1, 0.15) is 51.5 Å². The number of carbonyl (C=O) groups excluding carboxylic acids is 2. The van der Waals surface area contributed by atoms with E-state index in [1.807, 2.05) is 35.2 Å². The largest absolute Gasteiger partial charge is 0.445 e. The smallest absolute Gasteiger partial charge is 0.410 e. The summed E-state index contributed by atoms with van der Waals surface area (Å²) >= 11 is 0. The first-order valence-electron chi connectivity index (χ1n) is 10.0. The van der Waals surface area contributed by atoms with E-state index in [1.165, 1.54) is 4.90 Å². The Kier molecular flexibility index (Phi) is 8.58. The van der Waals surface area contributed by atoms with Gasteiger partial charge >= 0.3 is 6.09 Å². The highest BCUT2D eigenvalue weighted by Gasteiger charge is 2.41. The summed E-state index contributed by atoms with van der Waals surface area (Å²) in [6, 6.07) is 8.79. The lowest BCUT2D eigenvalue weighted by Crippen LogP contribution is -2.48. The van der Waals surface area contributed by atoms with Crippen LogP contribution < -0.4 is 0 Å². The van der Waals surface area contributed by atoms with Gasteiger partial charge in [-0.25, -0.2) is 4.79 Å². The second-order valence-electron chi connectivity index (χ2n) is 7.13. The number of rotatable bonds is 9. The zero-order valence-corrected chi connectivity index (χ0v) is 16.5. The van der Waals surface area contributed by atoms with Crippen LogP contribution in [0.4, 0.5) is 4.79 Å². The highest BCUT2D eigenvalue weighted by Crippen LogP contribution is 2.22. The minimum atomic E-state index is -0.692. The Balaban J connectivity index is 2.01. The van der Waals surface area contributed by atoms with E-state index in [0.29, 0.717) is 13.1 Å². The van der Waals surface area contributed by atoms with Crippen LogP contribution >= 0.6 is 0 Å². The van der Waals surface area contributed by atoms with Crippen LogP contribution in [0.2, 0.25) is 0 Å². The van der Waals surface area contributed by atoms with Crippen molar-refractivity contribution < 1.29 is 19.4 Å².